The second kappa shape index (κ2) is 18.0. The van der Waals surface area contributed by atoms with Crippen molar-refractivity contribution >= 4 is 12.4 Å². The standard InChI is InChI=1S/C37H68N2O13/c1-13-26-37(10,46)30(42)23(6)39(11)17-19(2)15-35(8,45)32(52-34-28(41)25(38-18-40)14-20(3)48-34)21(4)29(22(5)33(44)50-26)51-27-16-36(9,47-12)31(43)24(7)49-27/h18-32,34,41-43,45-46H,13-17H2,1-12H3,(H,38,40)/t19-,20?,21+,22+,23+,24?,25?,26-,27?,28?,29+,30+,31?,32-,34?,35+,36?,37?/m0/s1. The molecule has 3 aliphatic heterocycles. The number of hydrogen-bond acceptors (Lipinski definition) is 14. The minimum Gasteiger partial charge on any atom is -0.459 e. The van der Waals surface area contributed by atoms with Crippen molar-refractivity contribution in [2.75, 3.05) is 20.7 Å². The number of likely N-dealkylation sites (N-methyl/N-ethyl adjacent to an activating group) is 1. The maximum Gasteiger partial charge on any atom is 0.311 e. The van der Waals surface area contributed by atoms with Gasteiger partial charge in [-0.2, -0.15) is 0 Å². The SMILES string of the molecule is CC[C@@H]1OC(=O)[C@H](C)[C@H](OC2CC(C)(OC)C(O)C(C)O2)[C@@H](C)[C@H](OC2OC(C)CC(NC=O)C2O)[C@](C)(O)C[C@H](C)CN(C)[C@H](C)[C@@H](O)C1(C)O. The lowest BCUT2D eigenvalue weighted by molar-refractivity contribution is -0.315. The van der Waals surface area contributed by atoms with E-state index in [-0.39, 0.29) is 25.2 Å². The molecule has 0 saturated carbocycles. The van der Waals surface area contributed by atoms with Crippen LogP contribution in [0.4, 0.5) is 0 Å². The van der Waals surface area contributed by atoms with Gasteiger partial charge in [0.2, 0.25) is 6.41 Å². The minimum absolute atomic E-state index is 0.0999. The van der Waals surface area contributed by atoms with Crippen molar-refractivity contribution in [1.82, 2.24) is 10.2 Å². The van der Waals surface area contributed by atoms with E-state index in [9.17, 15) is 35.1 Å². The Bertz CT molecular complexity index is 1160. The second-order valence-electron chi connectivity index (χ2n) is 16.5. The van der Waals surface area contributed by atoms with Crippen molar-refractivity contribution in [1.29, 1.82) is 0 Å². The molecular weight excluding hydrogens is 680 g/mol. The molecule has 3 aliphatic rings. The Morgan fingerprint density at radius 2 is 1.62 bits per heavy atom. The van der Waals surface area contributed by atoms with Crippen LogP contribution in [0.1, 0.15) is 94.9 Å². The van der Waals surface area contributed by atoms with Crippen LogP contribution in [0, 0.1) is 17.8 Å². The zero-order valence-corrected chi connectivity index (χ0v) is 33.2. The Balaban J connectivity index is 2.17. The number of cyclic esters (lactones) is 1. The first-order valence-corrected chi connectivity index (χ1v) is 18.8. The van der Waals surface area contributed by atoms with Crippen molar-refractivity contribution in [2.45, 2.75) is 185 Å². The van der Waals surface area contributed by atoms with Crippen molar-refractivity contribution < 1.29 is 63.5 Å². The lowest BCUT2D eigenvalue weighted by Gasteiger charge is -2.48. The van der Waals surface area contributed by atoms with Crippen molar-refractivity contribution in [2.24, 2.45) is 17.8 Å². The highest BCUT2D eigenvalue weighted by molar-refractivity contribution is 5.73. The summed E-state index contributed by atoms with van der Waals surface area (Å²) in [5, 5.41) is 60.4. The Morgan fingerprint density at radius 3 is 2.19 bits per heavy atom. The summed E-state index contributed by atoms with van der Waals surface area (Å²) in [6, 6.07) is -1.24. The average molecular weight is 749 g/mol. The summed E-state index contributed by atoms with van der Waals surface area (Å²) >= 11 is 0. The summed E-state index contributed by atoms with van der Waals surface area (Å²) in [5.41, 5.74) is -4.50. The van der Waals surface area contributed by atoms with Gasteiger partial charge < -0.3 is 64.2 Å². The van der Waals surface area contributed by atoms with Crippen LogP contribution >= 0.6 is 0 Å². The van der Waals surface area contributed by atoms with Crippen molar-refractivity contribution in [3.05, 3.63) is 0 Å². The Kier molecular flexibility index (Phi) is 15.5. The molecule has 6 N–H and O–H groups in total. The molecule has 15 nitrogen and oxygen atoms in total. The van der Waals surface area contributed by atoms with E-state index in [1.807, 2.05) is 18.9 Å². The van der Waals surface area contributed by atoms with Gasteiger partial charge in [0.1, 0.15) is 30.0 Å². The Morgan fingerprint density at radius 1 is 0.981 bits per heavy atom. The number of carbonyl (C=O) groups is 2. The third kappa shape index (κ3) is 10.0. The number of aliphatic hydroxyl groups is 5. The molecule has 3 rings (SSSR count). The molecule has 18 atom stereocenters. The van der Waals surface area contributed by atoms with E-state index < -0.39 is 108 Å². The first-order chi connectivity index (χ1) is 24.0. The normalized spacial score (nSPS) is 49.3. The summed E-state index contributed by atoms with van der Waals surface area (Å²) in [4.78, 5) is 27.4. The molecule has 0 bridgehead atoms. The number of nitrogens with zero attached hydrogens (tertiary/aromatic N) is 1. The van der Waals surface area contributed by atoms with E-state index >= 15 is 0 Å². The smallest absolute Gasteiger partial charge is 0.311 e. The third-order valence-electron chi connectivity index (χ3n) is 11.9. The van der Waals surface area contributed by atoms with E-state index in [0.717, 1.165) is 0 Å². The molecule has 3 fully saturated rings. The molecule has 52 heavy (non-hydrogen) atoms. The molecule has 0 aromatic carbocycles. The van der Waals surface area contributed by atoms with Gasteiger partial charge in [-0.05, 0) is 80.7 Å². The van der Waals surface area contributed by atoms with Gasteiger partial charge in [0.15, 0.2) is 12.6 Å². The topological polar surface area (TPSA) is 206 Å². The molecule has 3 saturated heterocycles. The summed E-state index contributed by atoms with van der Waals surface area (Å²) in [6.07, 6.45) is -8.89. The van der Waals surface area contributed by atoms with Crippen molar-refractivity contribution in [3.8, 4) is 0 Å². The van der Waals surface area contributed by atoms with E-state index in [2.05, 4.69) is 5.32 Å². The number of hydrogen-bond donors (Lipinski definition) is 6. The Labute approximate surface area is 309 Å². The molecule has 3 heterocycles. The highest BCUT2D eigenvalue weighted by atomic mass is 16.7. The van der Waals surface area contributed by atoms with Gasteiger partial charge in [-0.25, -0.2) is 0 Å². The highest BCUT2D eigenvalue weighted by Crippen LogP contribution is 2.40. The maximum atomic E-state index is 14.2. The lowest BCUT2D eigenvalue weighted by Crippen LogP contribution is -2.60. The monoisotopic (exact) mass is 748 g/mol. The molecular formula is C37H68N2O13. The quantitative estimate of drug-likeness (QED) is 0.152. The number of nitrogens with one attached hydrogen (secondary N) is 1. The zero-order chi connectivity index (χ0) is 39.5. The molecule has 15 heteroatoms. The van der Waals surface area contributed by atoms with Gasteiger partial charge in [-0.3, -0.25) is 9.59 Å². The van der Waals surface area contributed by atoms with Crippen molar-refractivity contribution in [3.63, 3.8) is 0 Å². The summed E-state index contributed by atoms with van der Waals surface area (Å²) < 4.78 is 37.1. The van der Waals surface area contributed by atoms with E-state index in [1.54, 1.807) is 55.4 Å². The maximum absolute atomic E-state index is 14.2. The molecule has 0 radical (unpaired) electrons. The fraction of sp³-hybridized carbons (Fsp3) is 0.946. The zero-order valence-electron chi connectivity index (χ0n) is 33.2. The number of rotatable bonds is 8. The predicted molar refractivity (Wildman–Crippen MR) is 190 cm³/mol. The van der Waals surface area contributed by atoms with Crippen LogP contribution in [0.3, 0.4) is 0 Å². The number of ether oxygens (including phenoxy) is 6. The first kappa shape index (κ1) is 44.9. The number of carbonyl (C=O) groups excluding carboxylic acids is 2. The van der Waals surface area contributed by atoms with Gasteiger partial charge in [-0.1, -0.05) is 20.8 Å². The van der Waals surface area contributed by atoms with Crippen LogP contribution in [0.5, 0.6) is 0 Å². The van der Waals surface area contributed by atoms with Gasteiger partial charge >= 0.3 is 5.97 Å². The molecule has 0 aromatic heterocycles. The van der Waals surface area contributed by atoms with Crippen LogP contribution in [-0.4, -0.2) is 154 Å². The van der Waals surface area contributed by atoms with E-state index in [1.165, 1.54) is 14.0 Å². The minimum atomic E-state index is -1.82. The molecule has 0 spiro atoms. The molecule has 0 aliphatic carbocycles. The summed E-state index contributed by atoms with van der Waals surface area (Å²) in [5.74, 6) is -2.79. The first-order valence-electron chi connectivity index (χ1n) is 18.8. The largest absolute Gasteiger partial charge is 0.459 e. The molecule has 304 valence electrons. The van der Waals surface area contributed by atoms with E-state index in [0.29, 0.717) is 19.4 Å². The van der Waals surface area contributed by atoms with Gasteiger partial charge in [0.25, 0.3) is 0 Å². The third-order valence-corrected chi connectivity index (χ3v) is 11.9. The highest BCUT2D eigenvalue weighted by Gasteiger charge is 2.52. The fourth-order valence-corrected chi connectivity index (χ4v) is 8.50. The molecule has 0 aromatic rings. The lowest BCUT2D eigenvalue weighted by atomic mass is 9.77. The summed E-state index contributed by atoms with van der Waals surface area (Å²) in [7, 11) is 3.30. The van der Waals surface area contributed by atoms with Crippen LogP contribution in [-0.2, 0) is 38.0 Å². The molecule has 9 unspecified atom stereocenters. The van der Waals surface area contributed by atoms with Crippen LogP contribution in [0.15, 0.2) is 0 Å². The van der Waals surface area contributed by atoms with E-state index in [4.69, 9.17) is 28.4 Å². The van der Waals surface area contributed by atoms with Crippen LogP contribution < -0.4 is 5.32 Å². The van der Waals surface area contributed by atoms with Gasteiger partial charge in [-0.15, -0.1) is 0 Å². The second-order valence-corrected chi connectivity index (χ2v) is 16.5. The van der Waals surface area contributed by atoms with Crippen LogP contribution in [0.25, 0.3) is 0 Å². The number of amides is 1. The number of aliphatic hydroxyl groups excluding tert-OH is 3. The molecule has 1 amide bonds. The average Bonchev–Trinajstić information content (AvgIpc) is 3.06. The van der Waals surface area contributed by atoms with Crippen LogP contribution in [0.2, 0.25) is 0 Å². The van der Waals surface area contributed by atoms with Gasteiger partial charge in [0.05, 0.1) is 47.6 Å². The summed E-state index contributed by atoms with van der Waals surface area (Å²) in [6.45, 7) is 17.6. The number of methoxy groups -OCH3 is 1. The van der Waals surface area contributed by atoms with Gasteiger partial charge in [0, 0.05) is 32.0 Å². The number of esters is 1. The fourth-order valence-electron chi connectivity index (χ4n) is 8.50. The predicted octanol–water partition coefficient (Wildman–Crippen LogP) is 1.09. The Hall–Kier alpha value is -1.50.